The van der Waals surface area contributed by atoms with Gasteiger partial charge in [-0.15, -0.1) is 11.3 Å². The molecule has 0 radical (unpaired) electrons. The molecule has 0 fully saturated rings. The fraction of sp³-hybridized carbons (Fsp3) is 0.100. The summed E-state index contributed by atoms with van der Waals surface area (Å²) in [6.07, 6.45) is -4.61. The van der Waals surface area contributed by atoms with Crippen molar-refractivity contribution in [1.29, 1.82) is 0 Å². The number of aromatic hydroxyl groups is 1. The van der Waals surface area contributed by atoms with Gasteiger partial charge < -0.3 is 5.11 Å². The van der Waals surface area contributed by atoms with Gasteiger partial charge in [-0.25, -0.2) is 0 Å². The van der Waals surface area contributed by atoms with Gasteiger partial charge in [-0.05, 0) is 6.07 Å². The smallest absolute Gasteiger partial charge is 0.443 e. The SMILES string of the molecule is Oc1nc(C(F)(F)F)sc1-c1cccc(Cl)c1Cl. The highest BCUT2D eigenvalue weighted by Crippen LogP contribution is 2.44. The lowest BCUT2D eigenvalue weighted by atomic mass is 10.2. The van der Waals surface area contributed by atoms with Gasteiger partial charge in [0, 0.05) is 5.56 Å². The zero-order chi connectivity index (χ0) is 13.5. The molecule has 18 heavy (non-hydrogen) atoms. The number of hydrogen-bond acceptors (Lipinski definition) is 3. The van der Waals surface area contributed by atoms with Gasteiger partial charge >= 0.3 is 6.18 Å². The molecule has 1 aromatic heterocycles. The molecular weight excluding hydrogens is 310 g/mol. The molecule has 2 nitrogen and oxygen atoms in total. The summed E-state index contributed by atoms with van der Waals surface area (Å²) in [5.74, 6) is -0.712. The normalized spacial score (nSPS) is 11.8. The van der Waals surface area contributed by atoms with E-state index in [9.17, 15) is 18.3 Å². The third-order valence-electron chi connectivity index (χ3n) is 2.05. The molecule has 0 saturated carbocycles. The van der Waals surface area contributed by atoms with Crippen LogP contribution in [0.15, 0.2) is 18.2 Å². The van der Waals surface area contributed by atoms with E-state index in [0.29, 0.717) is 11.3 Å². The first-order valence-corrected chi connectivity index (χ1v) is 6.09. The Morgan fingerprint density at radius 1 is 1.22 bits per heavy atom. The summed E-state index contributed by atoms with van der Waals surface area (Å²) >= 11 is 12.0. The Labute approximate surface area is 114 Å². The molecule has 1 N–H and O–H groups in total. The third-order valence-corrected chi connectivity index (χ3v) is 3.99. The molecule has 2 aromatic rings. The van der Waals surface area contributed by atoms with Gasteiger partial charge in [-0.1, -0.05) is 35.3 Å². The number of thiazole rings is 1. The zero-order valence-electron chi connectivity index (χ0n) is 8.42. The molecule has 0 saturated heterocycles. The van der Waals surface area contributed by atoms with Crippen LogP contribution in [0.1, 0.15) is 5.01 Å². The molecule has 1 aromatic carbocycles. The van der Waals surface area contributed by atoms with Gasteiger partial charge in [-0.3, -0.25) is 0 Å². The Bertz CT molecular complexity index is 597. The number of halogens is 5. The highest BCUT2D eigenvalue weighted by molar-refractivity contribution is 7.15. The molecule has 1 heterocycles. The van der Waals surface area contributed by atoms with Crippen molar-refractivity contribution in [1.82, 2.24) is 4.98 Å². The van der Waals surface area contributed by atoms with E-state index < -0.39 is 17.1 Å². The molecule has 8 heteroatoms. The van der Waals surface area contributed by atoms with E-state index in [2.05, 4.69) is 4.98 Å². The van der Waals surface area contributed by atoms with Crippen LogP contribution in [0.2, 0.25) is 10.0 Å². The molecule has 96 valence electrons. The van der Waals surface area contributed by atoms with Crippen LogP contribution >= 0.6 is 34.5 Å². The standard InChI is InChI=1S/C10H4Cl2F3NOS/c11-5-3-1-2-4(6(5)12)7-8(17)16-9(18-7)10(13,14)15/h1-3,17H. The number of benzene rings is 1. The Balaban J connectivity index is 2.58. The maximum Gasteiger partial charge on any atom is 0.443 e. The number of rotatable bonds is 1. The summed E-state index contributed by atoms with van der Waals surface area (Å²) < 4.78 is 37.4. The van der Waals surface area contributed by atoms with Crippen molar-refractivity contribution < 1.29 is 18.3 Å². The Morgan fingerprint density at radius 3 is 2.44 bits per heavy atom. The lowest BCUT2D eigenvalue weighted by molar-refractivity contribution is -0.137. The minimum absolute atomic E-state index is 0.0603. The molecule has 2 rings (SSSR count). The van der Waals surface area contributed by atoms with Crippen LogP contribution in [-0.2, 0) is 6.18 Å². The maximum atomic E-state index is 12.5. The van der Waals surface area contributed by atoms with Crippen LogP contribution in [0, 0.1) is 0 Å². The third kappa shape index (κ3) is 2.41. The molecule has 0 amide bonds. The Hall–Kier alpha value is -0.980. The fourth-order valence-electron chi connectivity index (χ4n) is 1.29. The second kappa shape index (κ2) is 4.60. The second-order valence-corrected chi connectivity index (χ2v) is 5.06. The van der Waals surface area contributed by atoms with Gasteiger partial charge in [-0.2, -0.15) is 18.2 Å². The summed E-state index contributed by atoms with van der Waals surface area (Å²) in [5, 5.41) is 8.59. The summed E-state index contributed by atoms with van der Waals surface area (Å²) in [6, 6.07) is 4.48. The lowest BCUT2D eigenvalue weighted by Crippen LogP contribution is -2.03. The van der Waals surface area contributed by atoms with E-state index in [1.165, 1.54) is 18.2 Å². The average Bonchev–Trinajstić information content (AvgIpc) is 2.64. The quantitative estimate of drug-likeness (QED) is 0.817. The first kappa shape index (κ1) is 13.5. The van der Waals surface area contributed by atoms with Crippen LogP contribution in [-0.4, -0.2) is 10.1 Å². The van der Waals surface area contributed by atoms with E-state index in [0.717, 1.165) is 0 Å². The van der Waals surface area contributed by atoms with Crippen molar-refractivity contribution in [2.45, 2.75) is 6.18 Å². The van der Waals surface area contributed by atoms with Gasteiger partial charge in [0.15, 0.2) is 0 Å². The van der Waals surface area contributed by atoms with Gasteiger partial charge in [0.25, 0.3) is 0 Å². The van der Waals surface area contributed by atoms with Crippen molar-refractivity contribution in [3.05, 3.63) is 33.3 Å². The fourth-order valence-corrected chi connectivity index (χ4v) is 2.60. The minimum Gasteiger partial charge on any atom is -0.492 e. The van der Waals surface area contributed by atoms with Crippen molar-refractivity contribution in [2.24, 2.45) is 0 Å². The Morgan fingerprint density at radius 2 is 1.89 bits per heavy atom. The summed E-state index contributed by atoms with van der Waals surface area (Å²) in [5.41, 5.74) is 0.217. The van der Waals surface area contributed by atoms with Gasteiger partial charge in [0.05, 0.1) is 14.9 Å². The lowest BCUT2D eigenvalue weighted by Gasteiger charge is -2.02. The van der Waals surface area contributed by atoms with E-state index in [1.807, 2.05) is 0 Å². The maximum absolute atomic E-state index is 12.5. The van der Waals surface area contributed by atoms with Crippen molar-refractivity contribution in [3.8, 4) is 16.3 Å². The van der Waals surface area contributed by atoms with Crippen molar-refractivity contribution >= 4 is 34.5 Å². The monoisotopic (exact) mass is 313 g/mol. The van der Waals surface area contributed by atoms with Crippen LogP contribution in [0.25, 0.3) is 10.4 Å². The first-order chi connectivity index (χ1) is 8.30. The predicted octanol–water partition coefficient (Wildman–Crippen LogP) is 4.84. The molecule has 0 atom stereocenters. The van der Waals surface area contributed by atoms with Gasteiger partial charge in [0.2, 0.25) is 10.9 Å². The highest BCUT2D eigenvalue weighted by Gasteiger charge is 2.36. The second-order valence-electron chi connectivity index (χ2n) is 3.27. The molecule has 0 aliphatic heterocycles. The summed E-state index contributed by atoms with van der Waals surface area (Å²) in [7, 11) is 0. The summed E-state index contributed by atoms with van der Waals surface area (Å²) in [6.45, 7) is 0. The minimum atomic E-state index is -4.61. The number of hydrogen-bond donors (Lipinski definition) is 1. The van der Waals surface area contributed by atoms with Crippen LogP contribution in [0.3, 0.4) is 0 Å². The van der Waals surface area contributed by atoms with Crippen LogP contribution in [0.4, 0.5) is 13.2 Å². The largest absolute Gasteiger partial charge is 0.492 e. The average molecular weight is 314 g/mol. The van der Waals surface area contributed by atoms with Gasteiger partial charge in [0.1, 0.15) is 0 Å². The van der Waals surface area contributed by atoms with Crippen molar-refractivity contribution in [3.63, 3.8) is 0 Å². The Kier molecular flexibility index (Phi) is 3.44. The van der Waals surface area contributed by atoms with E-state index >= 15 is 0 Å². The first-order valence-electron chi connectivity index (χ1n) is 4.52. The topological polar surface area (TPSA) is 33.1 Å². The molecule has 0 bridgehead atoms. The molecule has 0 unspecified atom stereocenters. The molecule has 0 aliphatic rings. The predicted molar refractivity (Wildman–Crippen MR) is 64.2 cm³/mol. The van der Waals surface area contributed by atoms with Crippen LogP contribution < -0.4 is 0 Å². The molecule has 0 aliphatic carbocycles. The van der Waals surface area contributed by atoms with Crippen LogP contribution in [0.5, 0.6) is 5.88 Å². The summed E-state index contributed by atoms with van der Waals surface area (Å²) in [4.78, 5) is 3.02. The zero-order valence-corrected chi connectivity index (χ0v) is 10.8. The number of alkyl halides is 3. The van der Waals surface area contributed by atoms with Crippen molar-refractivity contribution in [2.75, 3.05) is 0 Å². The van der Waals surface area contributed by atoms with E-state index in [1.54, 1.807) is 0 Å². The highest BCUT2D eigenvalue weighted by atomic mass is 35.5. The van der Waals surface area contributed by atoms with E-state index in [4.69, 9.17) is 23.2 Å². The molecule has 0 spiro atoms. The van der Waals surface area contributed by atoms with E-state index in [-0.39, 0.29) is 20.5 Å². The number of aromatic nitrogens is 1. The molecular formula is C10H4Cl2F3NOS. The number of nitrogens with zero attached hydrogens (tertiary/aromatic N) is 1.